The second-order valence-electron chi connectivity index (χ2n) is 5.40. The summed E-state index contributed by atoms with van der Waals surface area (Å²) in [6, 6.07) is 9.55. The molecular formula is C17H19N3O4. The largest absolute Gasteiger partial charge is 0.469 e. The topological polar surface area (TPSA) is 90.3 Å². The van der Waals surface area contributed by atoms with E-state index in [2.05, 4.69) is 10.4 Å². The lowest BCUT2D eigenvalue weighted by atomic mass is 10.0. The van der Waals surface area contributed by atoms with E-state index in [0.29, 0.717) is 0 Å². The summed E-state index contributed by atoms with van der Waals surface area (Å²) in [6.07, 6.45) is -0.00291. The molecule has 1 amide bonds. The number of hydrogen-bond donors (Lipinski definition) is 1. The number of amides is 1. The Kier molecular flexibility index (Phi) is 5.47. The smallest absolute Gasteiger partial charge is 0.307 e. The molecule has 2 aromatic rings. The Morgan fingerprint density at radius 1 is 1.21 bits per heavy atom. The molecule has 1 N–H and O–H groups in total. The van der Waals surface area contributed by atoms with Gasteiger partial charge in [0.2, 0.25) is 0 Å². The zero-order valence-corrected chi connectivity index (χ0v) is 13.8. The molecule has 24 heavy (non-hydrogen) atoms. The molecule has 0 unspecified atom stereocenters. The molecule has 1 heterocycles. The summed E-state index contributed by atoms with van der Waals surface area (Å²) in [5.41, 5.74) is 1.64. The summed E-state index contributed by atoms with van der Waals surface area (Å²) < 4.78 is 5.78. The minimum Gasteiger partial charge on any atom is -0.469 e. The summed E-state index contributed by atoms with van der Waals surface area (Å²) >= 11 is 0. The second-order valence-corrected chi connectivity index (χ2v) is 5.40. The number of esters is 1. The Morgan fingerprint density at radius 3 is 2.46 bits per heavy atom. The van der Waals surface area contributed by atoms with Crippen molar-refractivity contribution in [1.82, 2.24) is 15.1 Å². The number of benzene rings is 1. The van der Waals surface area contributed by atoms with Gasteiger partial charge < -0.3 is 10.1 Å². The maximum absolute atomic E-state index is 12.4. The number of hydrogen-bond acceptors (Lipinski definition) is 5. The molecular weight excluding hydrogens is 310 g/mol. The van der Waals surface area contributed by atoms with Gasteiger partial charge in [-0.05, 0) is 18.6 Å². The number of nitrogens with one attached hydrogen (secondary N) is 1. The molecule has 1 atom stereocenters. The highest BCUT2D eigenvalue weighted by atomic mass is 16.5. The molecule has 0 spiro atoms. The number of ether oxygens (including phenoxy) is 1. The first-order valence-corrected chi connectivity index (χ1v) is 7.39. The van der Waals surface area contributed by atoms with Gasteiger partial charge in [-0.1, -0.05) is 29.8 Å². The van der Waals surface area contributed by atoms with Crippen LogP contribution < -0.4 is 10.9 Å². The summed E-state index contributed by atoms with van der Waals surface area (Å²) in [4.78, 5) is 35.4. The molecule has 126 valence electrons. The van der Waals surface area contributed by atoms with E-state index in [9.17, 15) is 14.4 Å². The molecule has 7 heteroatoms. The highest BCUT2D eigenvalue weighted by Crippen LogP contribution is 2.18. The molecule has 2 rings (SSSR count). The third-order valence-electron chi connectivity index (χ3n) is 3.58. The van der Waals surface area contributed by atoms with Crippen LogP contribution in [0.3, 0.4) is 0 Å². The van der Waals surface area contributed by atoms with E-state index in [1.165, 1.54) is 26.3 Å². The standard InChI is InChI=1S/C17H19N3O4/c1-11-4-6-12(7-5-11)14(10-16(22)24-3)18-17(23)13-8-9-15(21)20(2)19-13/h4-9,14H,10H2,1-3H3,(H,18,23)/t14-/m1/s1. The van der Waals surface area contributed by atoms with E-state index in [1.807, 2.05) is 31.2 Å². The molecule has 0 aliphatic rings. The fourth-order valence-corrected chi connectivity index (χ4v) is 2.16. The predicted octanol–water partition coefficient (Wildman–Crippen LogP) is 1.12. The Hall–Kier alpha value is -2.96. The summed E-state index contributed by atoms with van der Waals surface area (Å²) in [6.45, 7) is 1.95. The summed E-state index contributed by atoms with van der Waals surface area (Å²) in [7, 11) is 2.76. The minimum absolute atomic E-state index is 0.00291. The van der Waals surface area contributed by atoms with Gasteiger partial charge in [-0.25, -0.2) is 4.68 Å². The van der Waals surface area contributed by atoms with Crippen molar-refractivity contribution < 1.29 is 14.3 Å². The van der Waals surface area contributed by atoms with Crippen LogP contribution in [0, 0.1) is 6.92 Å². The highest BCUT2D eigenvalue weighted by molar-refractivity contribution is 5.92. The van der Waals surface area contributed by atoms with Crippen LogP contribution in [-0.2, 0) is 16.6 Å². The van der Waals surface area contributed by atoms with E-state index < -0.39 is 17.9 Å². The number of rotatable bonds is 5. The van der Waals surface area contributed by atoms with Crippen molar-refractivity contribution in [2.45, 2.75) is 19.4 Å². The van der Waals surface area contributed by atoms with Crippen LogP contribution in [0.5, 0.6) is 0 Å². The van der Waals surface area contributed by atoms with E-state index in [-0.39, 0.29) is 17.7 Å². The van der Waals surface area contributed by atoms with Crippen LogP contribution in [0.25, 0.3) is 0 Å². The van der Waals surface area contributed by atoms with Crippen molar-refractivity contribution >= 4 is 11.9 Å². The Bertz CT molecular complexity index is 796. The number of aromatic nitrogens is 2. The predicted molar refractivity (Wildman–Crippen MR) is 87.5 cm³/mol. The number of methoxy groups -OCH3 is 1. The van der Waals surface area contributed by atoms with Gasteiger partial charge in [0.05, 0.1) is 19.6 Å². The van der Waals surface area contributed by atoms with Gasteiger partial charge in [-0.3, -0.25) is 14.4 Å². The molecule has 1 aromatic heterocycles. The molecule has 0 aliphatic carbocycles. The number of aryl methyl sites for hydroxylation is 2. The lowest BCUT2D eigenvalue weighted by molar-refractivity contribution is -0.141. The first-order valence-electron chi connectivity index (χ1n) is 7.39. The SMILES string of the molecule is COC(=O)C[C@@H](NC(=O)c1ccc(=O)n(C)n1)c1ccc(C)cc1. The van der Waals surface area contributed by atoms with E-state index >= 15 is 0 Å². The molecule has 0 saturated heterocycles. The van der Waals surface area contributed by atoms with E-state index in [1.54, 1.807) is 0 Å². The molecule has 0 saturated carbocycles. The lowest BCUT2D eigenvalue weighted by Crippen LogP contribution is -2.32. The van der Waals surface area contributed by atoms with Crippen molar-refractivity contribution in [1.29, 1.82) is 0 Å². The van der Waals surface area contributed by atoms with Gasteiger partial charge in [0.15, 0.2) is 0 Å². The monoisotopic (exact) mass is 329 g/mol. The van der Waals surface area contributed by atoms with Crippen LogP contribution in [0.15, 0.2) is 41.2 Å². The zero-order valence-electron chi connectivity index (χ0n) is 13.8. The van der Waals surface area contributed by atoms with Crippen LogP contribution in [0.2, 0.25) is 0 Å². The fourth-order valence-electron chi connectivity index (χ4n) is 2.16. The normalized spacial score (nSPS) is 11.6. The summed E-state index contributed by atoms with van der Waals surface area (Å²) in [5, 5.41) is 6.67. The van der Waals surface area contributed by atoms with Crippen LogP contribution in [-0.4, -0.2) is 28.8 Å². The van der Waals surface area contributed by atoms with Crippen LogP contribution in [0.1, 0.15) is 34.1 Å². The molecule has 0 bridgehead atoms. The van der Waals surface area contributed by atoms with Gasteiger partial charge in [-0.15, -0.1) is 0 Å². The van der Waals surface area contributed by atoms with Gasteiger partial charge >= 0.3 is 5.97 Å². The van der Waals surface area contributed by atoms with Gasteiger partial charge in [-0.2, -0.15) is 5.10 Å². The molecule has 0 aliphatic heterocycles. The third-order valence-corrected chi connectivity index (χ3v) is 3.58. The first kappa shape index (κ1) is 17.4. The van der Waals surface area contributed by atoms with Crippen molar-refractivity contribution in [2.24, 2.45) is 7.05 Å². The molecule has 1 aromatic carbocycles. The maximum atomic E-state index is 12.4. The Balaban J connectivity index is 2.24. The lowest BCUT2D eigenvalue weighted by Gasteiger charge is -2.18. The van der Waals surface area contributed by atoms with E-state index in [4.69, 9.17) is 4.74 Å². The maximum Gasteiger partial charge on any atom is 0.307 e. The van der Waals surface area contributed by atoms with Crippen molar-refractivity contribution in [3.8, 4) is 0 Å². The van der Waals surface area contributed by atoms with Crippen molar-refractivity contribution in [3.05, 3.63) is 63.6 Å². The van der Waals surface area contributed by atoms with Gasteiger partial charge in [0.25, 0.3) is 11.5 Å². The number of carbonyl (C=O) groups is 2. The van der Waals surface area contributed by atoms with Gasteiger partial charge in [0, 0.05) is 13.1 Å². The van der Waals surface area contributed by atoms with E-state index in [0.717, 1.165) is 15.8 Å². The molecule has 0 fully saturated rings. The average molecular weight is 329 g/mol. The third kappa shape index (κ3) is 4.28. The summed E-state index contributed by atoms with van der Waals surface area (Å²) in [5.74, 6) is -0.908. The molecule has 7 nitrogen and oxygen atoms in total. The van der Waals surface area contributed by atoms with Crippen molar-refractivity contribution in [3.63, 3.8) is 0 Å². The van der Waals surface area contributed by atoms with Crippen LogP contribution >= 0.6 is 0 Å². The number of carbonyl (C=O) groups excluding carboxylic acids is 2. The quantitative estimate of drug-likeness (QED) is 0.830. The molecule has 0 radical (unpaired) electrons. The second kappa shape index (κ2) is 7.54. The van der Waals surface area contributed by atoms with Gasteiger partial charge in [0.1, 0.15) is 5.69 Å². The van der Waals surface area contributed by atoms with Crippen LogP contribution in [0.4, 0.5) is 0 Å². The Morgan fingerprint density at radius 2 is 1.88 bits per heavy atom. The first-order chi connectivity index (χ1) is 11.4. The Labute approximate surface area is 139 Å². The fraction of sp³-hybridized carbons (Fsp3) is 0.294. The average Bonchev–Trinajstić information content (AvgIpc) is 2.57. The minimum atomic E-state index is -0.551. The van der Waals surface area contributed by atoms with Crippen molar-refractivity contribution in [2.75, 3.05) is 7.11 Å². The highest BCUT2D eigenvalue weighted by Gasteiger charge is 2.20. The zero-order chi connectivity index (χ0) is 17.7. The number of nitrogens with zero attached hydrogens (tertiary/aromatic N) is 2.